The van der Waals surface area contributed by atoms with Gasteiger partial charge in [0.25, 0.3) is 5.91 Å². The highest BCUT2D eigenvalue weighted by Crippen LogP contribution is 2.37. The highest BCUT2D eigenvalue weighted by Gasteiger charge is 2.48. The van der Waals surface area contributed by atoms with E-state index in [9.17, 15) is 14.7 Å². The summed E-state index contributed by atoms with van der Waals surface area (Å²) in [5.41, 5.74) is -0.337. The van der Waals surface area contributed by atoms with Crippen LogP contribution in [0.15, 0.2) is 0 Å². The van der Waals surface area contributed by atoms with Crippen molar-refractivity contribution in [2.24, 2.45) is 5.92 Å². The highest BCUT2D eigenvalue weighted by molar-refractivity contribution is 7.15. The van der Waals surface area contributed by atoms with Crippen molar-refractivity contribution in [3.05, 3.63) is 10.6 Å². The van der Waals surface area contributed by atoms with Crippen LogP contribution in [0.5, 0.6) is 0 Å². The van der Waals surface area contributed by atoms with Gasteiger partial charge >= 0.3 is 5.97 Å². The third-order valence-corrected chi connectivity index (χ3v) is 4.91. The Morgan fingerprint density at radius 2 is 2.25 bits per heavy atom. The standard InChI is InChI=1S/C13H16N2O4S/c1-19-10(16)7-2-3-9-8(6-7)14-12(20-9)15-11(17)13(18)4-5-13/h7,18H,2-6H2,1H3,(H,14,15,17). The summed E-state index contributed by atoms with van der Waals surface area (Å²) >= 11 is 1.42. The minimum absolute atomic E-state index is 0.147. The molecular weight excluding hydrogens is 280 g/mol. The molecule has 1 atom stereocenters. The summed E-state index contributed by atoms with van der Waals surface area (Å²) in [4.78, 5) is 28.8. The Kier molecular flexibility index (Phi) is 3.25. The first kappa shape index (κ1) is 13.5. The van der Waals surface area contributed by atoms with Gasteiger partial charge in [0.2, 0.25) is 0 Å². The molecule has 3 rings (SSSR count). The molecule has 1 amide bonds. The van der Waals surface area contributed by atoms with Crippen LogP contribution in [0, 0.1) is 5.92 Å². The van der Waals surface area contributed by atoms with Gasteiger partial charge < -0.3 is 9.84 Å². The SMILES string of the molecule is COC(=O)C1CCc2sc(NC(=O)C3(O)CC3)nc2C1. The molecule has 1 fully saturated rings. The fourth-order valence-electron chi connectivity index (χ4n) is 2.36. The molecule has 2 N–H and O–H groups in total. The fraction of sp³-hybridized carbons (Fsp3) is 0.615. The van der Waals surface area contributed by atoms with Gasteiger partial charge in [0.05, 0.1) is 18.7 Å². The number of esters is 1. The van der Waals surface area contributed by atoms with E-state index in [2.05, 4.69) is 10.3 Å². The zero-order valence-corrected chi connectivity index (χ0v) is 12.0. The van der Waals surface area contributed by atoms with Crippen molar-refractivity contribution in [2.45, 2.75) is 37.7 Å². The average molecular weight is 296 g/mol. The van der Waals surface area contributed by atoms with Crippen LogP contribution in [-0.2, 0) is 27.2 Å². The van der Waals surface area contributed by atoms with Crippen molar-refractivity contribution in [3.63, 3.8) is 0 Å². The van der Waals surface area contributed by atoms with E-state index in [-0.39, 0.29) is 17.8 Å². The lowest BCUT2D eigenvalue weighted by molar-refractivity contribution is -0.145. The topological polar surface area (TPSA) is 88.5 Å². The summed E-state index contributed by atoms with van der Waals surface area (Å²) in [6.07, 6.45) is 3.09. The van der Waals surface area contributed by atoms with Crippen molar-refractivity contribution in [3.8, 4) is 0 Å². The first-order valence-electron chi connectivity index (χ1n) is 6.62. The third-order valence-electron chi connectivity index (χ3n) is 3.84. The Balaban J connectivity index is 1.70. The zero-order chi connectivity index (χ0) is 14.3. The van der Waals surface area contributed by atoms with E-state index in [0.717, 1.165) is 23.4 Å². The van der Waals surface area contributed by atoms with E-state index < -0.39 is 5.60 Å². The van der Waals surface area contributed by atoms with Crippen molar-refractivity contribution in [2.75, 3.05) is 12.4 Å². The second kappa shape index (κ2) is 4.82. The molecule has 108 valence electrons. The Bertz CT molecular complexity index is 565. The van der Waals surface area contributed by atoms with E-state index in [0.29, 0.717) is 24.4 Å². The van der Waals surface area contributed by atoms with E-state index in [4.69, 9.17) is 4.74 Å². The number of aryl methyl sites for hydroxylation is 1. The summed E-state index contributed by atoms with van der Waals surface area (Å²) in [5.74, 6) is -0.736. The Morgan fingerprint density at radius 3 is 2.90 bits per heavy atom. The molecule has 0 spiro atoms. The lowest BCUT2D eigenvalue weighted by Gasteiger charge is -2.18. The van der Waals surface area contributed by atoms with Gasteiger partial charge in [-0.05, 0) is 25.7 Å². The highest BCUT2D eigenvalue weighted by atomic mass is 32.1. The number of ether oxygens (including phenoxy) is 1. The molecule has 1 aromatic heterocycles. The smallest absolute Gasteiger partial charge is 0.309 e. The number of thiazole rings is 1. The molecule has 1 unspecified atom stereocenters. The summed E-state index contributed by atoms with van der Waals surface area (Å²) in [7, 11) is 1.39. The van der Waals surface area contributed by atoms with Gasteiger partial charge in [-0.2, -0.15) is 0 Å². The lowest BCUT2D eigenvalue weighted by atomic mass is 9.91. The Labute approximate surface area is 120 Å². The number of hydrogen-bond acceptors (Lipinski definition) is 6. The maximum Gasteiger partial charge on any atom is 0.309 e. The van der Waals surface area contributed by atoms with Crippen LogP contribution >= 0.6 is 11.3 Å². The second-order valence-corrected chi connectivity index (χ2v) is 6.42. The van der Waals surface area contributed by atoms with Gasteiger partial charge in [0, 0.05) is 11.3 Å². The zero-order valence-electron chi connectivity index (χ0n) is 11.1. The molecule has 1 heterocycles. The van der Waals surface area contributed by atoms with Gasteiger partial charge in [0.1, 0.15) is 5.60 Å². The molecule has 0 saturated heterocycles. The van der Waals surface area contributed by atoms with Gasteiger partial charge in [-0.3, -0.25) is 14.9 Å². The molecule has 0 bridgehead atoms. The fourth-order valence-corrected chi connectivity index (χ4v) is 3.36. The van der Waals surface area contributed by atoms with Gasteiger partial charge in [-0.15, -0.1) is 11.3 Å². The molecule has 6 nitrogen and oxygen atoms in total. The molecule has 2 aliphatic carbocycles. The van der Waals surface area contributed by atoms with Crippen LogP contribution in [0.4, 0.5) is 5.13 Å². The van der Waals surface area contributed by atoms with Crippen molar-refractivity contribution < 1.29 is 19.4 Å². The molecule has 0 radical (unpaired) electrons. The number of hydrogen-bond donors (Lipinski definition) is 2. The minimum atomic E-state index is -1.19. The molecule has 0 aromatic carbocycles. The summed E-state index contributed by atoms with van der Waals surface area (Å²) in [5, 5.41) is 12.9. The van der Waals surface area contributed by atoms with Crippen LogP contribution in [-0.4, -0.2) is 34.7 Å². The van der Waals surface area contributed by atoms with Gasteiger partial charge in [-0.25, -0.2) is 4.98 Å². The normalized spacial score (nSPS) is 22.8. The quantitative estimate of drug-likeness (QED) is 0.809. The third kappa shape index (κ3) is 2.43. The first-order chi connectivity index (χ1) is 9.51. The summed E-state index contributed by atoms with van der Waals surface area (Å²) < 4.78 is 4.76. The molecule has 20 heavy (non-hydrogen) atoms. The number of anilines is 1. The van der Waals surface area contributed by atoms with Crippen LogP contribution in [0.25, 0.3) is 0 Å². The number of methoxy groups -OCH3 is 1. The lowest BCUT2D eigenvalue weighted by Crippen LogP contribution is -2.29. The van der Waals surface area contributed by atoms with E-state index in [1.807, 2.05) is 0 Å². The Hall–Kier alpha value is -1.47. The predicted octanol–water partition coefficient (Wildman–Crippen LogP) is 0.884. The van der Waals surface area contributed by atoms with E-state index in [1.54, 1.807) is 0 Å². The summed E-state index contributed by atoms with van der Waals surface area (Å²) in [6.45, 7) is 0. The largest absolute Gasteiger partial charge is 0.469 e. The number of fused-ring (bicyclic) bond motifs is 1. The van der Waals surface area contributed by atoms with E-state index >= 15 is 0 Å². The number of amides is 1. The molecule has 2 aliphatic rings. The first-order valence-corrected chi connectivity index (χ1v) is 7.44. The van der Waals surface area contributed by atoms with Gasteiger partial charge in [-0.1, -0.05) is 0 Å². The van der Waals surface area contributed by atoms with Crippen LogP contribution in [0.2, 0.25) is 0 Å². The number of nitrogens with one attached hydrogen (secondary N) is 1. The number of nitrogens with zero attached hydrogens (tertiary/aromatic N) is 1. The summed E-state index contributed by atoms with van der Waals surface area (Å²) in [6, 6.07) is 0. The van der Waals surface area contributed by atoms with Crippen molar-refractivity contribution >= 4 is 28.3 Å². The number of rotatable bonds is 3. The average Bonchev–Trinajstić information content (AvgIpc) is 3.06. The predicted molar refractivity (Wildman–Crippen MR) is 72.5 cm³/mol. The van der Waals surface area contributed by atoms with Crippen LogP contribution in [0.3, 0.4) is 0 Å². The van der Waals surface area contributed by atoms with E-state index in [1.165, 1.54) is 18.4 Å². The molecule has 1 saturated carbocycles. The number of aromatic nitrogens is 1. The van der Waals surface area contributed by atoms with Crippen LogP contribution < -0.4 is 5.32 Å². The number of carbonyl (C=O) groups excluding carboxylic acids is 2. The second-order valence-electron chi connectivity index (χ2n) is 5.34. The minimum Gasteiger partial charge on any atom is -0.469 e. The monoisotopic (exact) mass is 296 g/mol. The molecule has 0 aliphatic heterocycles. The maximum atomic E-state index is 11.8. The number of carbonyl (C=O) groups is 2. The molecular formula is C13H16N2O4S. The maximum absolute atomic E-state index is 11.8. The number of aliphatic hydroxyl groups is 1. The van der Waals surface area contributed by atoms with Gasteiger partial charge in [0.15, 0.2) is 5.13 Å². The van der Waals surface area contributed by atoms with Crippen LogP contribution in [0.1, 0.15) is 29.8 Å². The Morgan fingerprint density at radius 1 is 1.50 bits per heavy atom. The van der Waals surface area contributed by atoms with Crippen molar-refractivity contribution in [1.29, 1.82) is 0 Å². The van der Waals surface area contributed by atoms with Crippen molar-refractivity contribution in [1.82, 2.24) is 4.98 Å². The molecule has 1 aromatic rings. The molecule has 7 heteroatoms.